The van der Waals surface area contributed by atoms with Crippen molar-refractivity contribution in [3.63, 3.8) is 0 Å². The minimum Gasteiger partial charge on any atom is -0.371 e. The highest BCUT2D eigenvalue weighted by atomic mass is 16.2. The average Bonchev–Trinajstić information content (AvgIpc) is 3.48. The number of carbonyl (C=O) groups is 2. The van der Waals surface area contributed by atoms with Crippen molar-refractivity contribution >= 4 is 17.5 Å². The van der Waals surface area contributed by atoms with Crippen LogP contribution in [0.15, 0.2) is 60.7 Å². The summed E-state index contributed by atoms with van der Waals surface area (Å²) in [6, 6.07) is 19.8. The molecule has 5 nitrogen and oxygen atoms in total. The summed E-state index contributed by atoms with van der Waals surface area (Å²) in [4.78, 5) is 31.1. The van der Waals surface area contributed by atoms with Gasteiger partial charge in [-0.15, -0.1) is 0 Å². The van der Waals surface area contributed by atoms with Gasteiger partial charge in [-0.2, -0.15) is 0 Å². The standard InChI is InChI=1S/C27H33N3O2/c31-26(28-18-20-15-16-29(19-20)23-12-5-2-6-13-23)25-17-22-11-7-8-14-24(22)30(25)27(32)21-9-3-1-4-10-21/h1-6,9-10,12-13,20,22,24-25H,7-8,11,14-19H2,(H,28,31). The second-order valence-corrected chi connectivity index (χ2v) is 9.62. The monoisotopic (exact) mass is 431 g/mol. The molecule has 2 aromatic rings. The predicted octanol–water partition coefficient (Wildman–Crippen LogP) is 4.10. The molecule has 32 heavy (non-hydrogen) atoms. The van der Waals surface area contributed by atoms with Gasteiger partial charge in [0.2, 0.25) is 5.91 Å². The van der Waals surface area contributed by atoms with Gasteiger partial charge in [0, 0.05) is 36.9 Å². The molecule has 5 heteroatoms. The van der Waals surface area contributed by atoms with Crippen molar-refractivity contribution in [1.82, 2.24) is 10.2 Å². The van der Waals surface area contributed by atoms with E-state index in [0.717, 1.165) is 45.2 Å². The molecule has 2 aliphatic heterocycles. The van der Waals surface area contributed by atoms with Gasteiger partial charge in [0.15, 0.2) is 0 Å². The minimum absolute atomic E-state index is 0.0104. The van der Waals surface area contributed by atoms with E-state index in [-0.39, 0.29) is 23.9 Å². The number of anilines is 1. The first-order valence-electron chi connectivity index (χ1n) is 12.2. The molecule has 3 aliphatic rings. The number of nitrogens with zero attached hydrogens (tertiary/aromatic N) is 2. The van der Waals surface area contributed by atoms with Crippen molar-refractivity contribution in [2.45, 2.75) is 50.6 Å². The molecule has 1 saturated carbocycles. The van der Waals surface area contributed by atoms with E-state index in [4.69, 9.17) is 0 Å². The fourth-order valence-corrected chi connectivity index (χ4v) is 5.95. The molecule has 4 atom stereocenters. The highest BCUT2D eigenvalue weighted by Crippen LogP contribution is 2.40. The maximum absolute atomic E-state index is 13.4. The van der Waals surface area contributed by atoms with E-state index in [1.807, 2.05) is 41.3 Å². The van der Waals surface area contributed by atoms with Crippen molar-refractivity contribution in [1.29, 1.82) is 0 Å². The van der Waals surface area contributed by atoms with E-state index in [9.17, 15) is 9.59 Å². The first-order chi connectivity index (χ1) is 15.7. The Labute approximate surface area is 190 Å². The number of para-hydroxylation sites is 1. The van der Waals surface area contributed by atoms with Crippen LogP contribution < -0.4 is 10.2 Å². The van der Waals surface area contributed by atoms with Crippen molar-refractivity contribution in [2.24, 2.45) is 11.8 Å². The van der Waals surface area contributed by atoms with Gasteiger partial charge in [-0.25, -0.2) is 0 Å². The van der Waals surface area contributed by atoms with Gasteiger partial charge >= 0.3 is 0 Å². The van der Waals surface area contributed by atoms with Crippen LogP contribution in [-0.4, -0.2) is 48.4 Å². The lowest BCUT2D eigenvalue weighted by atomic mass is 9.84. The molecule has 2 aromatic carbocycles. The molecule has 4 unspecified atom stereocenters. The molecule has 2 heterocycles. The minimum atomic E-state index is -0.345. The molecule has 2 saturated heterocycles. The number of amides is 2. The van der Waals surface area contributed by atoms with Gasteiger partial charge < -0.3 is 15.1 Å². The van der Waals surface area contributed by atoms with Crippen LogP contribution in [0.5, 0.6) is 0 Å². The van der Waals surface area contributed by atoms with E-state index in [0.29, 0.717) is 23.9 Å². The molecule has 1 aliphatic carbocycles. The Kier molecular flexibility index (Phi) is 6.15. The van der Waals surface area contributed by atoms with Crippen LogP contribution in [0, 0.1) is 11.8 Å². The number of rotatable bonds is 5. The Morgan fingerprint density at radius 1 is 0.906 bits per heavy atom. The van der Waals surface area contributed by atoms with Gasteiger partial charge in [0.05, 0.1) is 0 Å². The smallest absolute Gasteiger partial charge is 0.254 e. The van der Waals surface area contributed by atoms with E-state index in [1.165, 1.54) is 12.1 Å². The molecule has 168 valence electrons. The maximum atomic E-state index is 13.4. The number of hydrogen-bond acceptors (Lipinski definition) is 3. The zero-order valence-electron chi connectivity index (χ0n) is 18.7. The third kappa shape index (κ3) is 4.25. The fourth-order valence-electron chi connectivity index (χ4n) is 5.95. The van der Waals surface area contributed by atoms with E-state index < -0.39 is 0 Å². The lowest BCUT2D eigenvalue weighted by Crippen LogP contribution is -2.50. The molecule has 2 amide bonds. The zero-order valence-corrected chi connectivity index (χ0v) is 18.7. The lowest BCUT2D eigenvalue weighted by molar-refractivity contribution is -0.125. The van der Waals surface area contributed by atoms with Crippen molar-refractivity contribution in [3.05, 3.63) is 66.2 Å². The van der Waals surface area contributed by atoms with Crippen LogP contribution >= 0.6 is 0 Å². The number of likely N-dealkylation sites (tertiary alicyclic amines) is 1. The summed E-state index contributed by atoms with van der Waals surface area (Å²) in [5.74, 6) is 0.937. The van der Waals surface area contributed by atoms with Crippen LogP contribution in [0.25, 0.3) is 0 Å². The van der Waals surface area contributed by atoms with Gasteiger partial charge in [-0.1, -0.05) is 49.2 Å². The summed E-state index contributed by atoms with van der Waals surface area (Å²) in [7, 11) is 0. The Balaban J connectivity index is 1.24. The molecule has 0 bridgehead atoms. The van der Waals surface area contributed by atoms with Gasteiger partial charge in [0.25, 0.3) is 5.91 Å². The van der Waals surface area contributed by atoms with E-state index >= 15 is 0 Å². The van der Waals surface area contributed by atoms with Crippen LogP contribution in [-0.2, 0) is 4.79 Å². The zero-order chi connectivity index (χ0) is 21.9. The van der Waals surface area contributed by atoms with E-state index in [1.54, 1.807) is 0 Å². The predicted molar refractivity (Wildman–Crippen MR) is 127 cm³/mol. The Morgan fingerprint density at radius 2 is 1.62 bits per heavy atom. The molecule has 0 spiro atoms. The first kappa shape index (κ1) is 21.0. The first-order valence-corrected chi connectivity index (χ1v) is 12.2. The van der Waals surface area contributed by atoms with Crippen molar-refractivity contribution in [3.8, 4) is 0 Å². The third-order valence-corrected chi connectivity index (χ3v) is 7.62. The number of nitrogens with one attached hydrogen (secondary N) is 1. The maximum Gasteiger partial charge on any atom is 0.254 e. The van der Waals surface area contributed by atoms with Crippen molar-refractivity contribution < 1.29 is 9.59 Å². The third-order valence-electron chi connectivity index (χ3n) is 7.62. The largest absolute Gasteiger partial charge is 0.371 e. The quantitative estimate of drug-likeness (QED) is 0.775. The second-order valence-electron chi connectivity index (χ2n) is 9.62. The summed E-state index contributed by atoms with van der Waals surface area (Å²) in [6.45, 7) is 2.67. The normalized spacial score (nSPS) is 27.2. The Hall–Kier alpha value is -2.82. The lowest BCUT2D eigenvalue weighted by Gasteiger charge is -2.33. The number of fused-ring (bicyclic) bond motifs is 1. The van der Waals surface area contributed by atoms with E-state index in [2.05, 4.69) is 34.5 Å². The highest BCUT2D eigenvalue weighted by molar-refractivity contribution is 5.98. The number of hydrogen-bond donors (Lipinski definition) is 1. The van der Waals surface area contributed by atoms with Crippen LogP contribution in [0.4, 0.5) is 5.69 Å². The molecule has 0 aromatic heterocycles. The van der Waals surface area contributed by atoms with Gasteiger partial charge in [-0.05, 0) is 61.8 Å². The second kappa shape index (κ2) is 9.35. The fraction of sp³-hybridized carbons (Fsp3) is 0.481. The highest BCUT2D eigenvalue weighted by Gasteiger charge is 2.47. The molecular formula is C27H33N3O2. The summed E-state index contributed by atoms with van der Waals surface area (Å²) < 4.78 is 0. The number of benzene rings is 2. The molecule has 0 radical (unpaired) electrons. The Bertz CT molecular complexity index is 932. The summed E-state index contributed by atoms with van der Waals surface area (Å²) >= 11 is 0. The Morgan fingerprint density at radius 3 is 2.41 bits per heavy atom. The van der Waals surface area contributed by atoms with Crippen LogP contribution in [0.2, 0.25) is 0 Å². The number of carbonyl (C=O) groups excluding carboxylic acids is 2. The topological polar surface area (TPSA) is 52.7 Å². The van der Waals surface area contributed by atoms with Gasteiger partial charge in [0.1, 0.15) is 6.04 Å². The summed E-state index contributed by atoms with van der Waals surface area (Å²) in [5.41, 5.74) is 1.94. The summed E-state index contributed by atoms with van der Waals surface area (Å²) in [6.07, 6.45) is 6.38. The van der Waals surface area contributed by atoms with Crippen LogP contribution in [0.1, 0.15) is 48.9 Å². The molecule has 5 rings (SSSR count). The average molecular weight is 432 g/mol. The van der Waals surface area contributed by atoms with Crippen LogP contribution in [0.3, 0.4) is 0 Å². The molecular weight excluding hydrogens is 398 g/mol. The van der Waals surface area contributed by atoms with Gasteiger partial charge in [-0.3, -0.25) is 9.59 Å². The SMILES string of the molecule is O=C(NCC1CCN(c2ccccc2)C1)C1CC2CCCCC2N1C(=O)c1ccccc1. The summed E-state index contributed by atoms with van der Waals surface area (Å²) in [5, 5.41) is 3.23. The van der Waals surface area contributed by atoms with Crippen molar-refractivity contribution in [2.75, 3.05) is 24.5 Å². The molecule has 1 N–H and O–H groups in total. The molecule has 3 fully saturated rings.